The van der Waals surface area contributed by atoms with Crippen molar-refractivity contribution in [2.75, 3.05) is 5.73 Å². The van der Waals surface area contributed by atoms with E-state index in [1.807, 2.05) is 0 Å². The molecule has 0 spiro atoms. The molecule has 0 radical (unpaired) electrons. The number of halogens is 1. The van der Waals surface area contributed by atoms with Crippen molar-refractivity contribution < 1.29 is 13.9 Å². The van der Waals surface area contributed by atoms with Gasteiger partial charge in [0.2, 0.25) is 0 Å². The minimum Gasteiger partial charge on any atom is -0.459 e. The summed E-state index contributed by atoms with van der Waals surface area (Å²) >= 11 is 0. The minimum absolute atomic E-state index is 0.0844. The first kappa shape index (κ1) is 11.5. The SMILES string of the molecule is Cc1cc(F)c(N)c(C(=O)OC(C)C)c1. The van der Waals surface area contributed by atoms with Gasteiger partial charge < -0.3 is 10.5 Å². The second-order valence-electron chi connectivity index (χ2n) is 3.66. The van der Waals surface area contributed by atoms with Gasteiger partial charge in [0.05, 0.1) is 17.4 Å². The van der Waals surface area contributed by atoms with Crippen LogP contribution in [0.15, 0.2) is 12.1 Å². The van der Waals surface area contributed by atoms with E-state index < -0.39 is 11.8 Å². The molecule has 0 unspecified atom stereocenters. The van der Waals surface area contributed by atoms with Crippen LogP contribution in [-0.4, -0.2) is 12.1 Å². The summed E-state index contributed by atoms with van der Waals surface area (Å²) in [4.78, 5) is 11.5. The number of hydrogen-bond acceptors (Lipinski definition) is 3. The van der Waals surface area contributed by atoms with E-state index in [0.717, 1.165) is 0 Å². The van der Waals surface area contributed by atoms with E-state index in [2.05, 4.69) is 0 Å². The standard InChI is InChI=1S/C11H14FNO2/c1-6(2)15-11(14)8-4-7(3)5-9(12)10(8)13/h4-6H,13H2,1-3H3. The van der Waals surface area contributed by atoms with Crippen LogP contribution < -0.4 is 5.73 Å². The van der Waals surface area contributed by atoms with E-state index in [1.54, 1.807) is 20.8 Å². The van der Waals surface area contributed by atoms with Crippen LogP contribution in [-0.2, 0) is 4.74 Å². The summed E-state index contributed by atoms with van der Waals surface area (Å²) in [6.45, 7) is 5.13. The first-order chi connectivity index (χ1) is 6.91. The van der Waals surface area contributed by atoms with Gasteiger partial charge in [-0.3, -0.25) is 0 Å². The molecule has 82 valence electrons. The number of rotatable bonds is 2. The molecular formula is C11H14FNO2. The summed E-state index contributed by atoms with van der Waals surface area (Å²) in [5.41, 5.74) is 6.01. The van der Waals surface area contributed by atoms with Crippen molar-refractivity contribution >= 4 is 11.7 Å². The van der Waals surface area contributed by atoms with E-state index in [-0.39, 0.29) is 17.4 Å². The Morgan fingerprint density at radius 3 is 2.60 bits per heavy atom. The second-order valence-corrected chi connectivity index (χ2v) is 3.66. The number of nitrogens with two attached hydrogens (primary N) is 1. The van der Waals surface area contributed by atoms with Gasteiger partial charge >= 0.3 is 5.97 Å². The summed E-state index contributed by atoms with van der Waals surface area (Å²) in [6, 6.07) is 2.80. The maximum absolute atomic E-state index is 13.2. The molecule has 0 atom stereocenters. The molecule has 0 saturated carbocycles. The third-order valence-electron chi connectivity index (χ3n) is 1.84. The summed E-state index contributed by atoms with van der Waals surface area (Å²) in [5, 5.41) is 0. The Bertz CT molecular complexity index is 388. The minimum atomic E-state index is -0.592. The lowest BCUT2D eigenvalue weighted by Gasteiger charge is -2.10. The van der Waals surface area contributed by atoms with E-state index >= 15 is 0 Å². The van der Waals surface area contributed by atoms with Crippen molar-refractivity contribution in [3.63, 3.8) is 0 Å². The molecule has 3 nitrogen and oxygen atoms in total. The maximum atomic E-state index is 13.2. The highest BCUT2D eigenvalue weighted by Gasteiger charge is 2.16. The molecule has 1 rings (SSSR count). The predicted molar refractivity (Wildman–Crippen MR) is 56.1 cm³/mol. The van der Waals surface area contributed by atoms with E-state index in [0.29, 0.717) is 5.56 Å². The smallest absolute Gasteiger partial charge is 0.340 e. The zero-order valence-electron chi connectivity index (χ0n) is 9.00. The Labute approximate surface area is 88.0 Å². The van der Waals surface area contributed by atoms with Gasteiger partial charge in [0, 0.05) is 0 Å². The van der Waals surface area contributed by atoms with Gasteiger partial charge in [0.25, 0.3) is 0 Å². The summed E-state index contributed by atoms with van der Waals surface area (Å²) < 4.78 is 18.1. The highest BCUT2D eigenvalue weighted by atomic mass is 19.1. The molecule has 2 N–H and O–H groups in total. The van der Waals surface area contributed by atoms with Gasteiger partial charge in [-0.1, -0.05) is 0 Å². The van der Waals surface area contributed by atoms with Crippen LogP contribution in [0.2, 0.25) is 0 Å². The number of aryl methyl sites for hydroxylation is 1. The molecule has 0 amide bonds. The van der Waals surface area contributed by atoms with Crippen LogP contribution in [0, 0.1) is 12.7 Å². The zero-order valence-corrected chi connectivity index (χ0v) is 9.00. The van der Waals surface area contributed by atoms with Gasteiger partial charge in [-0.15, -0.1) is 0 Å². The van der Waals surface area contributed by atoms with E-state index in [4.69, 9.17) is 10.5 Å². The lowest BCUT2D eigenvalue weighted by atomic mass is 10.1. The molecule has 0 aliphatic carbocycles. The van der Waals surface area contributed by atoms with Crippen LogP contribution >= 0.6 is 0 Å². The first-order valence-electron chi connectivity index (χ1n) is 4.68. The molecule has 0 fully saturated rings. The molecule has 0 aliphatic heterocycles. The molecule has 0 heterocycles. The number of anilines is 1. The number of hydrogen-bond donors (Lipinski definition) is 1. The number of ether oxygens (including phenoxy) is 1. The molecule has 1 aromatic carbocycles. The fourth-order valence-electron chi connectivity index (χ4n) is 1.20. The lowest BCUT2D eigenvalue weighted by molar-refractivity contribution is 0.0378. The average Bonchev–Trinajstić information content (AvgIpc) is 2.09. The largest absolute Gasteiger partial charge is 0.459 e. The maximum Gasteiger partial charge on any atom is 0.340 e. The monoisotopic (exact) mass is 211 g/mol. The first-order valence-corrected chi connectivity index (χ1v) is 4.68. The number of carbonyl (C=O) groups excluding carboxylic acids is 1. The quantitative estimate of drug-likeness (QED) is 0.603. The van der Waals surface area contributed by atoms with Crippen molar-refractivity contribution in [2.45, 2.75) is 26.9 Å². The molecule has 0 saturated heterocycles. The van der Waals surface area contributed by atoms with Gasteiger partial charge in [-0.2, -0.15) is 0 Å². The van der Waals surface area contributed by atoms with Crippen LogP contribution in [0.1, 0.15) is 29.8 Å². The van der Waals surface area contributed by atoms with Crippen molar-refractivity contribution in [3.8, 4) is 0 Å². The average molecular weight is 211 g/mol. The van der Waals surface area contributed by atoms with Gasteiger partial charge in [0.15, 0.2) is 0 Å². The van der Waals surface area contributed by atoms with Gasteiger partial charge in [0.1, 0.15) is 5.82 Å². The molecule has 0 aliphatic rings. The van der Waals surface area contributed by atoms with Crippen LogP contribution in [0.3, 0.4) is 0 Å². The van der Waals surface area contributed by atoms with E-state index in [1.165, 1.54) is 12.1 Å². The summed E-state index contributed by atoms with van der Waals surface area (Å²) in [5.74, 6) is -1.18. The Morgan fingerprint density at radius 2 is 2.07 bits per heavy atom. The lowest BCUT2D eigenvalue weighted by Crippen LogP contribution is -2.14. The van der Waals surface area contributed by atoms with Crippen molar-refractivity contribution in [2.24, 2.45) is 0 Å². The molecule has 4 heteroatoms. The molecule has 15 heavy (non-hydrogen) atoms. The third kappa shape index (κ3) is 2.68. The number of nitrogen functional groups attached to an aromatic ring is 1. The Morgan fingerprint density at radius 1 is 1.47 bits per heavy atom. The fourth-order valence-corrected chi connectivity index (χ4v) is 1.20. The highest BCUT2D eigenvalue weighted by molar-refractivity contribution is 5.95. The van der Waals surface area contributed by atoms with Gasteiger partial charge in [-0.25, -0.2) is 9.18 Å². The Balaban J connectivity index is 3.08. The van der Waals surface area contributed by atoms with Crippen LogP contribution in [0.25, 0.3) is 0 Å². The summed E-state index contributed by atoms with van der Waals surface area (Å²) in [7, 11) is 0. The van der Waals surface area contributed by atoms with E-state index in [9.17, 15) is 9.18 Å². The third-order valence-corrected chi connectivity index (χ3v) is 1.84. The Kier molecular flexibility index (Phi) is 3.29. The fraction of sp³-hybridized carbons (Fsp3) is 0.364. The zero-order chi connectivity index (χ0) is 11.6. The normalized spacial score (nSPS) is 10.5. The van der Waals surface area contributed by atoms with Crippen molar-refractivity contribution in [1.29, 1.82) is 0 Å². The summed E-state index contributed by atoms with van der Waals surface area (Å²) in [6.07, 6.45) is -0.250. The molecular weight excluding hydrogens is 197 g/mol. The number of carbonyl (C=O) groups is 1. The predicted octanol–water partition coefficient (Wildman–Crippen LogP) is 2.28. The molecule has 0 bridgehead atoms. The van der Waals surface area contributed by atoms with Crippen molar-refractivity contribution in [1.82, 2.24) is 0 Å². The second kappa shape index (κ2) is 4.29. The topological polar surface area (TPSA) is 52.3 Å². The Hall–Kier alpha value is -1.58. The number of benzene rings is 1. The van der Waals surface area contributed by atoms with Crippen LogP contribution in [0.5, 0.6) is 0 Å². The van der Waals surface area contributed by atoms with Gasteiger partial charge in [-0.05, 0) is 38.5 Å². The molecule has 1 aromatic rings. The van der Waals surface area contributed by atoms with Crippen LogP contribution in [0.4, 0.5) is 10.1 Å². The van der Waals surface area contributed by atoms with Crippen molar-refractivity contribution in [3.05, 3.63) is 29.1 Å². The molecule has 0 aromatic heterocycles. The highest BCUT2D eigenvalue weighted by Crippen LogP contribution is 2.19. The number of esters is 1.